The van der Waals surface area contributed by atoms with Crippen LogP contribution in [0.4, 0.5) is 0 Å². The van der Waals surface area contributed by atoms with Crippen LogP contribution in [0, 0.1) is 5.92 Å². The van der Waals surface area contributed by atoms with Crippen molar-refractivity contribution in [2.24, 2.45) is 5.92 Å². The van der Waals surface area contributed by atoms with E-state index in [1.54, 1.807) is 0 Å². The minimum atomic E-state index is -0.0389. The average molecular weight is 326 g/mol. The first-order chi connectivity index (χ1) is 9.19. The molecule has 104 valence electrons. The van der Waals surface area contributed by atoms with Crippen molar-refractivity contribution >= 4 is 21.9 Å². The van der Waals surface area contributed by atoms with Gasteiger partial charge in [0.1, 0.15) is 0 Å². The molecule has 1 atom stereocenters. The first-order valence-corrected chi connectivity index (χ1v) is 7.61. The molecule has 1 aromatic rings. The molecule has 1 heterocycles. The molecule has 0 aliphatic carbocycles. The molecule has 2 rings (SSSR count). The van der Waals surface area contributed by atoms with Gasteiger partial charge in [0.05, 0.1) is 12.5 Å². The van der Waals surface area contributed by atoms with Crippen LogP contribution in [0.15, 0.2) is 28.7 Å². The number of benzene rings is 1. The number of carbonyl (C=O) groups excluding carboxylic acids is 1. The Morgan fingerprint density at radius 3 is 2.84 bits per heavy atom. The predicted octanol–water partition coefficient (Wildman–Crippen LogP) is 3.22. The van der Waals surface area contributed by atoms with Gasteiger partial charge >= 0.3 is 5.97 Å². The van der Waals surface area contributed by atoms with Crippen LogP contribution in [-0.4, -0.2) is 30.6 Å². The van der Waals surface area contributed by atoms with Gasteiger partial charge in [-0.05, 0) is 44.0 Å². The Hall–Kier alpha value is -0.870. The van der Waals surface area contributed by atoms with Crippen LogP contribution in [0.5, 0.6) is 0 Å². The zero-order valence-corrected chi connectivity index (χ0v) is 12.9. The molecule has 0 aromatic heterocycles. The van der Waals surface area contributed by atoms with Crippen molar-refractivity contribution in [3.63, 3.8) is 0 Å². The van der Waals surface area contributed by atoms with E-state index in [2.05, 4.69) is 45.1 Å². The van der Waals surface area contributed by atoms with Crippen molar-refractivity contribution < 1.29 is 9.53 Å². The summed E-state index contributed by atoms with van der Waals surface area (Å²) in [6.07, 6.45) is 2.02. The van der Waals surface area contributed by atoms with Gasteiger partial charge in [0.2, 0.25) is 0 Å². The van der Waals surface area contributed by atoms with Gasteiger partial charge in [0.25, 0.3) is 0 Å². The SMILES string of the molecule is CCOC(=O)[C@H]1CCCN(Cc2ccc(Br)cc2)C1. The van der Waals surface area contributed by atoms with Crippen LogP contribution in [-0.2, 0) is 16.1 Å². The largest absolute Gasteiger partial charge is 0.466 e. The van der Waals surface area contributed by atoms with Gasteiger partial charge in [0, 0.05) is 17.6 Å². The number of ether oxygens (including phenoxy) is 1. The standard InChI is InChI=1S/C15H20BrNO2/c1-2-19-15(18)13-4-3-9-17(11-13)10-12-5-7-14(16)8-6-12/h5-8,13H,2-4,9-11H2,1H3/t13-/m0/s1. The number of hydrogen-bond acceptors (Lipinski definition) is 3. The van der Waals surface area contributed by atoms with Gasteiger partial charge in [-0.2, -0.15) is 0 Å². The lowest BCUT2D eigenvalue weighted by Crippen LogP contribution is -2.38. The fourth-order valence-corrected chi connectivity index (χ4v) is 2.76. The summed E-state index contributed by atoms with van der Waals surface area (Å²) < 4.78 is 6.22. The van der Waals surface area contributed by atoms with Crippen molar-refractivity contribution in [2.45, 2.75) is 26.3 Å². The van der Waals surface area contributed by atoms with Crippen LogP contribution in [0.2, 0.25) is 0 Å². The lowest BCUT2D eigenvalue weighted by atomic mass is 9.98. The molecule has 0 amide bonds. The molecule has 19 heavy (non-hydrogen) atoms. The second-order valence-corrected chi connectivity index (χ2v) is 5.87. The second kappa shape index (κ2) is 7.06. The summed E-state index contributed by atoms with van der Waals surface area (Å²) in [4.78, 5) is 14.1. The third kappa shape index (κ3) is 4.32. The van der Waals surface area contributed by atoms with Gasteiger partial charge in [-0.15, -0.1) is 0 Å². The van der Waals surface area contributed by atoms with E-state index in [-0.39, 0.29) is 11.9 Å². The molecule has 0 saturated carbocycles. The minimum Gasteiger partial charge on any atom is -0.466 e. The molecule has 0 bridgehead atoms. The van der Waals surface area contributed by atoms with E-state index in [9.17, 15) is 4.79 Å². The number of rotatable bonds is 4. The summed E-state index contributed by atoms with van der Waals surface area (Å²) in [5, 5.41) is 0. The third-order valence-corrected chi connectivity index (χ3v) is 3.97. The molecule has 0 spiro atoms. The first-order valence-electron chi connectivity index (χ1n) is 6.82. The van der Waals surface area contributed by atoms with Crippen molar-refractivity contribution in [2.75, 3.05) is 19.7 Å². The number of hydrogen-bond donors (Lipinski definition) is 0. The number of carbonyl (C=O) groups is 1. The van der Waals surface area contributed by atoms with Crippen LogP contribution < -0.4 is 0 Å². The molecule has 1 aliphatic heterocycles. The lowest BCUT2D eigenvalue weighted by molar-refractivity contribution is -0.150. The van der Waals surface area contributed by atoms with E-state index in [0.29, 0.717) is 6.61 Å². The van der Waals surface area contributed by atoms with Crippen molar-refractivity contribution in [3.8, 4) is 0 Å². The van der Waals surface area contributed by atoms with Crippen LogP contribution >= 0.6 is 15.9 Å². The summed E-state index contributed by atoms with van der Waals surface area (Å²) in [5.41, 5.74) is 1.28. The topological polar surface area (TPSA) is 29.5 Å². The number of likely N-dealkylation sites (tertiary alicyclic amines) is 1. The molecule has 1 aliphatic rings. The predicted molar refractivity (Wildman–Crippen MR) is 78.8 cm³/mol. The molecule has 0 radical (unpaired) electrons. The van der Waals surface area contributed by atoms with E-state index in [4.69, 9.17) is 4.74 Å². The molecule has 1 fully saturated rings. The summed E-state index contributed by atoms with van der Waals surface area (Å²) >= 11 is 3.44. The van der Waals surface area contributed by atoms with Crippen molar-refractivity contribution in [1.29, 1.82) is 0 Å². The van der Waals surface area contributed by atoms with Crippen LogP contribution in [0.25, 0.3) is 0 Å². The Morgan fingerprint density at radius 1 is 1.42 bits per heavy atom. The summed E-state index contributed by atoms with van der Waals surface area (Å²) in [6.45, 7) is 5.12. The van der Waals surface area contributed by atoms with E-state index < -0.39 is 0 Å². The normalized spacial score (nSPS) is 20.2. The summed E-state index contributed by atoms with van der Waals surface area (Å²) in [6, 6.07) is 8.36. The number of halogens is 1. The molecule has 1 aromatic carbocycles. The summed E-state index contributed by atoms with van der Waals surface area (Å²) in [7, 11) is 0. The fraction of sp³-hybridized carbons (Fsp3) is 0.533. The number of piperidine rings is 1. The number of esters is 1. The van der Waals surface area contributed by atoms with E-state index in [0.717, 1.165) is 36.9 Å². The monoisotopic (exact) mass is 325 g/mol. The highest BCUT2D eigenvalue weighted by atomic mass is 79.9. The smallest absolute Gasteiger partial charge is 0.310 e. The van der Waals surface area contributed by atoms with Crippen LogP contribution in [0.3, 0.4) is 0 Å². The molecule has 3 nitrogen and oxygen atoms in total. The van der Waals surface area contributed by atoms with E-state index in [1.165, 1.54) is 5.56 Å². The van der Waals surface area contributed by atoms with E-state index in [1.807, 2.05) is 6.92 Å². The second-order valence-electron chi connectivity index (χ2n) is 4.95. The maximum atomic E-state index is 11.8. The third-order valence-electron chi connectivity index (χ3n) is 3.44. The van der Waals surface area contributed by atoms with Crippen molar-refractivity contribution in [1.82, 2.24) is 4.90 Å². The Kier molecular flexibility index (Phi) is 5.40. The van der Waals surface area contributed by atoms with Gasteiger partial charge in [-0.3, -0.25) is 9.69 Å². The molecule has 0 N–H and O–H groups in total. The molecule has 4 heteroatoms. The van der Waals surface area contributed by atoms with Crippen LogP contribution in [0.1, 0.15) is 25.3 Å². The zero-order valence-electron chi connectivity index (χ0n) is 11.3. The van der Waals surface area contributed by atoms with Gasteiger partial charge in [-0.25, -0.2) is 0 Å². The van der Waals surface area contributed by atoms with E-state index >= 15 is 0 Å². The summed E-state index contributed by atoms with van der Waals surface area (Å²) in [5.74, 6) is 0.00662. The zero-order chi connectivity index (χ0) is 13.7. The first kappa shape index (κ1) is 14.5. The number of nitrogens with zero attached hydrogens (tertiary/aromatic N) is 1. The van der Waals surface area contributed by atoms with Gasteiger partial charge in [-0.1, -0.05) is 28.1 Å². The highest BCUT2D eigenvalue weighted by molar-refractivity contribution is 9.10. The molecule has 1 saturated heterocycles. The van der Waals surface area contributed by atoms with Crippen molar-refractivity contribution in [3.05, 3.63) is 34.3 Å². The quantitative estimate of drug-likeness (QED) is 0.796. The lowest BCUT2D eigenvalue weighted by Gasteiger charge is -2.31. The molecule has 0 unspecified atom stereocenters. The average Bonchev–Trinajstić information content (AvgIpc) is 2.42. The highest BCUT2D eigenvalue weighted by Gasteiger charge is 2.26. The van der Waals surface area contributed by atoms with Gasteiger partial charge < -0.3 is 4.74 Å². The Bertz CT molecular complexity index is 419. The molecular weight excluding hydrogens is 306 g/mol. The maximum absolute atomic E-state index is 11.8. The Morgan fingerprint density at radius 2 is 2.16 bits per heavy atom. The Labute approximate surface area is 123 Å². The minimum absolute atomic E-state index is 0.0389. The van der Waals surface area contributed by atoms with Gasteiger partial charge in [0.15, 0.2) is 0 Å². The fourth-order valence-electron chi connectivity index (χ4n) is 2.50. The maximum Gasteiger partial charge on any atom is 0.310 e. The molecular formula is C15H20BrNO2. The Balaban J connectivity index is 1.90. The highest BCUT2D eigenvalue weighted by Crippen LogP contribution is 2.20.